The maximum absolute atomic E-state index is 13.2. The number of fused-ring (bicyclic) bond motifs is 1. The molecule has 8 heteroatoms. The molecule has 0 aliphatic heterocycles. The van der Waals surface area contributed by atoms with E-state index in [1.54, 1.807) is 22.7 Å². The molecule has 0 aliphatic rings. The van der Waals surface area contributed by atoms with Crippen molar-refractivity contribution in [1.82, 2.24) is 19.5 Å². The Morgan fingerprint density at radius 2 is 2.04 bits per heavy atom. The van der Waals surface area contributed by atoms with E-state index in [4.69, 9.17) is 16.3 Å². The van der Waals surface area contributed by atoms with Crippen LogP contribution in [0, 0.1) is 6.92 Å². The Hall–Kier alpha value is -1.70. The molecule has 0 fully saturated rings. The van der Waals surface area contributed by atoms with Crippen molar-refractivity contribution in [2.75, 3.05) is 12.4 Å². The highest BCUT2D eigenvalue weighted by Crippen LogP contribution is 2.21. The summed E-state index contributed by atoms with van der Waals surface area (Å²) in [6.07, 6.45) is 2.42. The number of benzene rings is 1. The highest BCUT2D eigenvalue weighted by Gasteiger charge is 2.13. The number of thioether (sulfide) groups is 1. The van der Waals surface area contributed by atoms with Crippen molar-refractivity contribution in [1.29, 1.82) is 0 Å². The second-order valence-corrected chi connectivity index (χ2v) is 6.70. The first-order valence-electron chi connectivity index (χ1n) is 7.35. The smallest absolute Gasteiger partial charge is 0.166 e. The highest BCUT2D eigenvalue weighted by atomic mass is 35.5. The highest BCUT2D eigenvalue weighted by molar-refractivity contribution is 7.99. The minimum absolute atomic E-state index is 0.160. The fourth-order valence-corrected chi connectivity index (χ4v) is 3.16. The van der Waals surface area contributed by atoms with Crippen molar-refractivity contribution < 1.29 is 9.13 Å². The number of alkyl halides is 1. The summed E-state index contributed by atoms with van der Waals surface area (Å²) < 4.78 is 20.6. The molecule has 0 spiro atoms. The molecule has 1 atom stereocenters. The summed E-state index contributed by atoms with van der Waals surface area (Å²) in [4.78, 5) is 13.3. The molecule has 0 amide bonds. The molecule has 0 saturated carbocycles. The molecule has 0 unspecified atom stereocenters. The SMILES string of the molecule is Cc1ccc(SC[C@H](CF)OCn2cnc3c(Cl)ncnc32)cc1. The summed E-state index contributed by atoms with van der Waals surface area (Å²) in [7, 11) is 0. The van der Waals surface area contributed by atoms with Gasteiger partial charge in [0.25, 0.3) is 0 Å². The number of hydrogen-bond acceptors (Lipinski definition) is 5. The molecule has 0 bridgehead atoms. The van der Waals surface area contributed by atoms with Crippen LogP contribution in [0.4, 0.5) is 4.39 Å². The van der Waals surface area contributed by atoms with E-state index in [1.165, 1.54) is 11.9 Å². The van der Waals surface area contributed by atoms with Gasteiger partial charge in [0.15, 0.2) is 10.8 Å². The van der Waals surface area contributed by atoms with Gasteiger partial charge >= 0.3 is 0 Å². The van der Waals surface area contributed by atoms with Gasteiger partial charge in [0, 0.05) is 10.6 Å². The lowest BCUT2D eigenvalue weighted by Gasteiger charge is -2.15. The Kier molecular flexibility index (Phi) is 5.65. The molecule has 3 rings (SSSR count). The summed E-state index contributed by atoms with van der Waals surface area (Å²) in [6.45, 7) is 1.64. The monoisotopic (exact) mass is 366 g/mol. The van der Waals surface area contributed by atoms with E-state index in [-0.39, 0.29) is 11.9 Å². The second kappa shape index (κ2) is 7.92. The molecule has 24 heavy (non-hydrogen) atoms. The summed E-state index contributed by atoms with van der Waals surface area (Å²) in [5.41, 5.74) is 2.28. The van der Waals surface area contributed by atoms with Crippen LogP contribution < -0.4 is 0 Å². The number of aromatic nitrogens is 4. The van der Waals surface area contributed by atoms with E-state index >= 15 is 0 Å². The second-order valence-electron chi connectivity index (χ2n) is 5.25. The number of aryl methyl sites for hydroxylation is 1. The Morgan fingerprint density at radius 1 is 1.25 bits per heavy atom. The lowest BCUT2D eigenvalue weighted by Crippen LogP contribution is -2.20. The Balaban J connectivity index is 1.59. The van der Waals surface area contributed by atoms with Gasteiger partial charge in [-0.15, -0.1) is 11.8 Å². The predicted molar refractivity (Wildman–Crippen MR) is 93.1 cm³/mol. The van der Waals surface area contributed by atoms with Crippen molar-refractivity contribution >= 4 is 34.5 Å². The van der Waals surface area contributed by atoms with Gasteiger partial charge in [-0.2, -0.15) is 0 Å². The first-order chi connectivity index (χ1) is 11.7. The Morgan fingerprint density at radius 3 is 2.79 bits per heavy atom. The third kappa shape index (κ3) is 4.03. The summed E-state index contributed by atoms with van der Waals surface area (Å²) in [5, 5.41) is 0.288. The normalized spacial score (nSPS) is 12.6. The average molecular weight is 367 g/mol. The Bertz CT molecular complexity index is 811. The number of imidazole rings is 1. The number of hydrogen-bond donors (Lipinski definition) is 0. The molecular weight excluding hydrogens is 351 g/mol. The molecule has 0 radical (unpaired) electrons. The summed E-state index contributed by atoms with van der Waals surface area (Å²) in [5.74, 6) is 0.530. The van der Waals surface area contributed by atoms with E-state index in [9.17, 15) is 4.39 Å². The van der Waals surface area contributed by atoms with Crippen molar-refractivity contribution in [3.8, 4) is 0 Å². The van der Waals surface area contributed by atoms with E-state index in [1.807, 2.05) is 31.2 Å². The van der Waals surface area contributed by atoms with E-state index in [2.05, 4.69) is 15.0 Å². The molecule has 5 nitrogen and oxygen atoms in total. The third-order valence-electron chi connectivity index (χ3n) is 3.43. The number of rotatable bonds is 7. The van der Waals surface area contributed by atoms with Crippen molar-refractivity contribution in [2.24, 2.45) is 0 Å². The molecule has 126 valence electrons. The zero-order valence-electron chi connectivity index (χ0n) is 13.0. The van der Waals surface area contributed by atoms with Crippen LogP contribution in [-0.4, -0.2) is 38.1 Å². The van der Waals surface area contributed by atoms with Crippen LogP contribution >= 0.6 is 23.4 Å². The van der Waals surface area contributed by atoms with E-state index in [0.29, 0.717) is 16.9 Å². The van der Waals surface area contributed by atoms with Crippen LogP contribution in [-0.2, 0) is 11.5 Å². The summed E-state index contributed by atoms with van der Waals surface area (Å²) in [6, 6.07) is 8.12. The van der Waals surface area contributed by atoms with Gasteiger partial charge in [0.05, 0.1) is 12.4 Å². The molecule has 1 aromatic carbocycles. The predicted octanol–water partition coefficient (Wildman–Crippen LogP) is 3.89. The van der Waals surface area contributed by atoms with Crippen LogP contribution in [0.1, 0.15) is 5.56 Å². The van der Waals surface area contributed by atoms with Crippen molar-refractivity contribution in [3.63, 3.8) is 0 Å². The molecule has 2 aromatic heterocycles. The fourth-order valence-electron chi connectivity index (χ4n) is 2.09. The molecule has 0 aliphatic carbocycles. The van der Waals surface area contributed by atoms with Crippen LogP contribution in [0.3, 0.4) is 0 Å². The molecule has 2 heterocycles. The third-order valence-corrected chi connectivity index (χ3v) is 4.86. The van der Waals surface area contributed by atoms with E-state index in [0.717, 1.165) is 4.90 Å². The largest absolute Gasteiger partial charge is 0.354 e. The average Bonchev–Trinajstić information content (AvgIpc) is 3.01. The van der Waals surface area contributed by atoms with Crippen molar-refractivity contribution in [2.45, 2.75) is 24.7 Å². The number of nitrogens with zero attached hydrogens (tertiary/aromatic N) is 4. The van der Waals surface area contributed by atoms with Gasteiger partial charge in [-0.3, -0.25) is 4.57 Å². The lowest BCUT2D eigenvalue weighted by atomic mass is 10.2. The van der Waals surface area contributed by atoms with Gasteiger partial charge < -0.3 is 4.74 Å². The topological polar surface area (TPSA) is 52.8 Å². The fraction of sp³-hybridized carbons (Fsp3) is 0.312. The minimum atomic E-state index is -0.554. The van der Waals surface area contributed by atoms with Crippen LogP contribution in [0.5, 0.6) is 0 Å². The van der Waals surface area contributed by atoms with E-state index < -0.39 is 12.8 Å². The van der Waals surface area contributed by atoms with Crippen molar-refractivity contribution in [3.05, 3.63) is 47.6 Å². The van der Waals surface area contributed by atoms with Gasteiger partial charge in [0.1, 0.15) is 25.2 Å². The Labute approximate surface area is 148 Å². The van der Waals surface area contributed by atoms with Gasteiger partial charge in [-0.25, -0.2) is 19.3 Å². The van der Waals surface area contributed by atoms with Gasteiger partial charge in [-0.05, 0) is 19.1 Å². The van der Waals surface area contributed by atoms with Crippen LogP contribution in [0.15, 0.2) is 41.8 Å². The minimum Gasteiger partial charge on any atom is -0.354 e. The maximum atomic E-state index is 13.2. The van der Waals surface area contributed by atoms with Gasteiger partial charge in [-0.1, -0.05) is 29.3 Å². The van der Waals surface area contributed by atoms with Crippen LogP contribution in [0.2, 0.25) is 5.15 Å². The molecule has 3 aromatic rings. The lowest BCUT2D eigenvalue weighted by molar-refractivity contribution is 0.00911. The first-order valence-corrected chi connectivity index (χ1v) is 8.72. The number of ether oxygens (including phenoxy) is 1. The zero-order valence-corrected chi connectivity index (χ0v) is 14.6. The zero-order chi connectivity index (χ0) is 16.9. The standard InChI is InChI=1S/C16H16ClFN4OS/c1-11-2-4-13(5-3-11)24-7-12(6-18)23-10-22-9-21-14-15(17)19-8-20-16(14)22/h2-5,8-9,12H,6-7,10H2,1H3/t12-/m0/s1. The first kappa shape index (κ1) is 17.1. The van der Waals surface area contributed by atoms with Crippen LogP contribution in [0.25, 0.3) is 11.2 Å². The summed E-state index contributed by atoms with van der Waals surface area (Å²) >= 11 is 7.53. The quantitative estimate of drug-likeness (QED) is 0.469. The molecule has 0 N–H and O–H groups in total. The molecular formula is C16H16ClFN4OS. The van der Waals surface area contributed by atoms with Gasteiger partial charge in [0.2, 0.25) is 0 Å². The number of halogens is 2. The molecule has 0 saturated heterocycles. The maximum Gasteiger partial charge on any atom is 0.166 e.